The number of carbonyl (C=O) groups excluding carboxylic acids is 2. The third-order valence-electron chi connectivity index (χ3n) is 2.37. The summed E-state index contributed by atoms with van der Waals surface area (Å²) in [5.74, 6) is -1.10. The van der Waals surface area contributed by atoms with Gasteiger partial charge in [-0.15, -0.1) is 0 Å². The number of sulfonamides is 1. The number of amides is 1. The van der Waals surface area contributed by atoms with Gasteiger partial charge in [0.2, 0.25) is 0 Å². The van der Waals surface area contributed by atoms with Crippen molar-refractivity contribution in [2.45, 2.75) is 23.6 Å². The molecule has 0 heterocycles. The Balaban J connectivity index is 3.54. The Morgan fingerprint density at radius 2 is 1.61 bits per heavy atom. The van der Waals surface area contributed by atoms with Crippen molar-refractivity contribution >= 4 is 31.9 Å². The fourth-order valence-corrected chi connectivity index (χ4v) is 4.27. The molecule has 0 fully saturated rings. The molecule has 0 saturated heterocycles. The summed E-state index contributed by atoms with van der Waals surface area (Å²) in [5.41, 5.74) is 0. The predicted molar refractivity (Wildman–Crippen MR) is 77.4 cm³/mol. The SMILES string of the molecule is CCOC(=O)N(OC(C)=O)S(=O)(=O)c1ccccc1S(C)(=O)=O. The molecule has 0 radical (unpaired) electrons. The normalized spacial score (nSPS) is 11.6. The molecule has 0 N–H and O–H groups in total. The van der Waals surface area contributed by atoms with E-state index in [1.807, 2.05) is 0 Å². The van der Waals surface area contributed by atoms with Gasteiger partial charge in [0, 0.05) is 13.2 Å². The molecule has 128 valence electrons. The van der Waals surface area contributed by atoms with E-state index in [0.29, 0.717) is 0 Å². The van der Waals surface area contributed by atoms with Gasteiger partial charge in [-0.2, -0.15) is 8.42 Å². The molecule has 0 spiro atoms. The fourth-order valence-electron chi connectivity index (χ4n) is 1.54. The lowest BCUT2D eigenvalue weighted by Crippen LogP contribution is -2.39. The quantitative estimate of drug-likeness (QED) is 0.715. The van der Waals surface area contributed by atoms with Crippen LogP contribution in [0.25, 0.3) is 0 Å². The maximum absolute atomic E-state index is 12.5. The topological polar surface area (TPSA) is 124 Å². The highest BCUT2D eigenvalue weighted by Crippen LogP contribution is 2.25. The molecule has 1 rings (SSSR count). The standard InChI is InChI=1S/C12H15NO8S2/c1-4-20-12(15)13(21-9(2)14)23(18,19)11-8-6-5-7-10(11)22(3,16)17/h5-8H,4H2,1-3H3. The first kappa shape index (κ1) is 18.9. The number of ether oxygens (including phenoxy) is 1. The van der Waals surface area contributed by atoms with Gasteiger partial charge in [0.1, 0.15) is 4.90 Å². The molecule has 0 bridgehead atoms. The zero-order valence-corrected chi connectivity index (χ0v) is 14.2. The Labute approximate surface area is 133 Å². The van der Waals surface area contributed by atoms with Crippen molar-refractivity contribution < 1.29 is 36.0 Å². The smallest absolute Gasteiger partial charge is 0.447 e. The Morgan fingerprint density at radius 3 is 2.04 bits per heavy atom. The highest BCUT2D eigenvalue weighted by Gasteiger charge is 2.37. The highest BCUT2D eigenvalue weighted by molar-refractivity contribution is 7.93. The Kier molecular flexibility index (Phi) is 5.72. The zero-order chi connectivity index (χ0) is 17.8. The lowest BCUT2D eigenvalue weighted by molar-refractivity contribution is -0.162. The molecule has 0 aromatic heterocycles. The van der Waals surface area contributed by atoms with E-state index in [1.54, 1.807) is 0 Å². The molecular weight excluding hydrogens is 350 g/mol. The van der Waals surface area contributed by atoms with Gasteiger partial charge in [-0.3, -0.25) is 0 Å². The van der Waals surface area contributed by atoms with Gasteiger partial charge in [0.15, 0.2) is 9.84 Å². The van der Waals surface area contributed by atoms with Crippen LogP contribution in [0.15, 0.2) is 34.1 Å². The van der Waals surface area contributed by atoms with Crippen LogP contribution in [-0.2, 0) is 34.2 Å². The summed E-state index contributed by atoms with van der Waals surface area (Å²) in [6, 6.07) is 4.61. The summed E-state index contributed by atoms with van der Waals surface area (Å²) in [5, 5.41) is 0. The number of hydrogen-bond acceptors (Lipinski definition) is 8. The maximum Gasteiger partial charge on any atom is 0.458 e. The molecule has 1 amide bonds. The maximum atomic E-state index is 12.5. The summed E-state index contributed by atoms with van der Waals surface area (Å²) < 4.78 is 52.8. The summed E-state index contributed by atoms with van der Waals surface area (Å²) in [6.07, 6.45) is -0.659. The van der Waals surface area contributed by atoms with E-state index in [4.69, 9.17) is 0 Å². The molecule has 1 aromatic carbocycles. The van der Waals surface area contributed by atoms with E-state index >= 15 is 0 Å². The zero-order valence-electron chi connectivity index (χ0n) is 12.5. The lowest BCUT2D eigenvalue weighted by atomic mass is 10.4. The largest absolute Gasteiger partial charge is 0.458 e. The molecule has 0 atom stereocenters. The van der Waals surface area contributed by atoms with Gasteiger partial charge in [-0.05, 0) is 23.5 Å². The average molecular weight is 365 g/mol. The third kappa shape index (κ3) is 4.42. The van der Waals surface area contributed by atoms with Crippen molar-refractivity contribution in [3.05, 3.63) is 24.3 Å². The van der Waals surface area contributed by atoms with Crippen molar-refractivity contribution in [3.63, 3.8) is 0 Å². The minimum Gasteiger partial charge on any atom is -0.447 e. The minimum absolute atomic E-state index is 0.181. The van der Waals surface area contributed by atoms with Crippen LogP contribution in [-0.4, -0.2) is 46.2 Å². The minimum atomic E-state index is -4.79. The number of sulfone groups is 1. The second-order valence-corrected chi connectivity index (χ2v) is 7.94. The van der Waals surface area contributed by atoms with Gasteiger partial charge in [-0.25, -0.2) is 18.0 Å². The second kappa shape index (κ2) is 6.96. The van der Waals surface area contributed by atoms with Crippen molar-refractivity contribution in [1.82, 2.24) is 4.47 Å². The van der Waals surface area contributed by atoms with Crippen LogP contribution in [0.5, 0.6) is 0 Å². The van der Waals surface area contributed by atoms with Gasteiger partial charge < -0.3 is 9.57 Å². The lowest BCUT2D eigenvalue weighted by Gasteiger charge is -2.20. The van der Waals surface area contributed by atoms with Crippen LogP contribution in [0.4, 0.5) is 4.79 Å². The van der Waals surface area contributed by atoms with Crippen LogP contribution >= 0.6 is 0 Å². The average Bonchev–Trinajstić information content (AvgIpc) is 2.43. The monoisotopic (exact) mass is 365 g/mol. The van der Waals surface area contributed by atoms with E-state index in [9.17, 15) is 26.4 Å². The summed E-state index contributed by atoms with van der Waals surface area (Å²) in [7, 11) is -8.71. The number of benzene rings is 1. The van der Waals surface area contributed by atoms with E-state index in [-0.39, 0.29) is 11.1 Å². The molecular formula is C12H15NO8S2. The van der Waals surface area contributed by atoms with Crippen LogP contribution in [0.3, 0.4) is 0 Å². The first-order valence-corrected chi connectivity index (χ1v) is 9.54. The van der Waals surface area contributed by atoms with Gasteiger partial charge in [-0.1, -0.05) is 12.1 Å². The molecule has 0 unspecified atom stereocenters. The molecule has 0 aliphatic rings. The molecule has 11 heteroatoms. The Bertz CT molecular complexity index is 813. The number of hydroxylamine groups is 1. The molecule has 1 aromatic rings. The molecule has 9 nitrogen and oxygen atoms in total. The highest BCUT2D eigenvalue weighted by atomic mass is 32.2. The first-order chi connectivity index (χ1) is 10.5. The number of rotatable bonds is 4. The third-order valence-corrected chi connectivity index (χ3v) is 5.23. The van der Waals surface area contributed by atoms with Crippen molar-refractivity contribution in [3.8, 4) is 0 Å². The van der Waals surface area contributed by atoms with E-state index in [0.717, 1.165) is 25.3 Å². The van der Waals surface area contributed by atoms with Gasteiger partial charge in [0.25, 0.3) is 0 Å². The van der Waals surface area contributed by atoms with Crippen molar-refractivity contribution in [2.24, 2.45) is 0 Å². The predicted octanol–water partition coefficient (Wildman–Crippen LogP) is 0.715. The molecule has 0 aliphatic carbocycles. The Hall–Kier alpha value is -2.14. The number of carbonyl (C=O) groups is 2. The van der Waals surface area contributed by atoms with Gasteiger partial charge >= 0.3 is 22.1 Å². The van der Waals surface area contributed by atoms with Crippen molar-refractivity contribution in [2.75, 3.05) is 12.9 Å². The summed E-state index contributed by atoms with van der Waals surface area (Å²) in [4.78, 5) is 26.0. The summed E-state index contributed by atoms with van der Waals surface area (Å²) in [6.45, 7) is 2.12. The fraction of sp³-hybridized carbons (Fsp3) is 0.333. The van der Waals surface area contributed by atoms with Crippen LogP contribution in [0, 0.1) is 0 Å². The van der Waals surface area contributed by atoms with Crippen LogP contribution in [0.2, 0.25) is 0 Å². The molecule has 23 heavy (non-hydrogen) atoms. The van der Waals surface area contributed by atoms with E-state index in [2.05, 4.69) is 9.57 Å². The van der Waals surface area contributed by atoms with Crippen molar-refractivity contribution in [1.29, 1.82) is 0 Å². The Morgan fingerprint density at radius 1 is 1.09 bits per heavy atom. The van der Waals surface area contributed by atoms with E-state index < -0.39 is 41.7 Å². The van der Waals surface area contributed by atoms with Crippen LogP contribution < -0.4 is 0 Å². The van der Waals surface area contributed by atoms with E-state index in [1.165, 1.54) is 19.1 Å². The summed E-state index contributed by atoms with van der Waals surface area (Å²) >= 11 is 0. The number of nitrogens with zero attached hydrogens (tertiary/aromatic N) is 1. The molecule has 0 saturated carbocycles. The van der Waals surface area contributed by atoms with Crippen LogP contribution in [0.1, 0.15) is 13.8 Å². The second-order valence-electron chi connectivity index (χ2n) is 4.23. The van der Waals surface area contributed by atoms with Gasteiger partial charge in [0.05, 0.1) is 11.5 Å². The number of hydrogen-bond donors (Lipinski definition) is 0. The first-order valence-electron chi connectivity index (χ1n) is 6.21. The molecule has 0 aliphatic heterocycles.